The molecular weight excluding hydrogens is 485 g/mol. The smallest absolute Gasteiger partial charge is 0.244 e. The molecule has 0 radical (unpaired) electrons. The van der Waals surface area contributed by atoms with Crippen LogP contribution in [0.5, 0.6) is 5.75 Å². The number of rotatable bonds is 11. The minimum atomic E-state index is -3.93. The number of benzene rings is 2. The maximum atomic E-state index is 13.6. The molecule has 8 nitrogen and oxygen atoms in total. The van der Waals surface area contributed by atoms with Crippen molar-refractivity contribution < 1.29 is 27.1 Å². The van der Waals surface area contributed by atoms with Crippen LogP contribution in [-0.4, -0.2) is 57.6 Å². The number of amides is 2. The van der Waals surface area contributed by atoms with E-state index in [2.05, 4.69) is 5.32 Å². The highest BCUT2D eigenvalue weighted by Crippen LogP contribution is 2.25. The number of hydrogen-bond donors (Lipinski definition) is 1. The predicted octanol–water partition coefficient (Wildman–Crippen LogP) is 3.20. The fraction of sp³-hybridized carbons (Fsp3) is 0.391. The Morgan fingerprint density at radius 1 is 1.15 bits per heavy atom. The zero-order chi connectivity index (χ0) is 25.5. The molecule has 2 rings (SSSR count). The van der Waals surface area contributed by atoms with E-state index >= 15 is 0 Å². The van der Waals surface area contributed by atoms with Gasteiger partial charge < -0.3 is 15.0 Å². The number of carbonyl (C=O) groups is 2. The van der Waals surface area contributed by atoms with Gasteiger partial charge in [-0.2, -0.15) is 0 Å². The van der Waals surface area contributed by atoms with E-state index in [0.29, 0.717) is 18.7 Å². The molecule has 0 aliphatic rings. The molecule has 0 aromatic heterocycles. The topological polar surface area (TPSA) is 96.0 Å². The molecule has 34 heavy (non-hydrogen) atoms. The Kier molecular flexibility index (Phi) is 9.69. The van der Waals surface area contributed by atoms with Crippen LogP contribution >= 0.6 is 11.6 Å². The third-order valence-corrected chi connectivity index (χ3v) is 6.55. The molecule has 0 heterocycles. The molecule has 0 aliphatic carbocycles. The van der Waals surface area contributed by atoms with Crippen LogP contribution in [0.2, 0.25) is 5.02 Å². The summed E-state index contributed by atoms with van der Waals surface area (Å²) >= 11 is 5.83. The molecule has 2 aromatic rings. The van der Waals surface area contributed by atoms with Crippen molar-refractivity contribution in [2.45, 2.75) is 32.9 Å². The maximum absolute atomic E-state index is 13.6. The second-order valence-electron chi connectivity index (χ2n) is 7.56. The molecule has 0 spiro atoms. The molecule has 0 fully saturated rings. The van der Waals surface area contributed by atoms with Gasteiger partial charge in [-0.15, -0.1) is 0 Å². The fourth-order valence-electron chi connectivity index (χ4n) is 3.39. The minimum absolute atomic E-state index is 0.0395. The van der Waals surface area contributed by atoms with Crippen LogP contribution in [0.3, 0.4) is 0 Å². The number of anilines is 1. The molecule has 0 saturated carbocycles. The third kappa shape index (κ3) is 7.07. The maximum Gasteiger partial charge on any atom is 0.244 e. The lowest BCUT2D eigenvalue weighted by molar-refractivity contribution is -0.140. The Labute approximate surface area is 204 Å². The summed E-state index contributed by atoms with van der Waals surface area (Å²) in [5.41, 5.74) is 0.769. The Balaban J connectivity index is 2.44. The van der Waals surface area contributed by atoms with Crippen molar-refractivity contribution in [1.29, 1.82) is 0 Å². The van der Waals surface area contributed by atoms with Crippen molar-refractivity contribution in [3.8, 4) is 5.75 Å². The van der Waals surface area contributed by atoms with E-state index in [1.54, 1.807) is 38.1 Å². The van der Waals surface area contributed by atoms with Crippen LogP contribution in [0.25, 0.3) is 0 Å². The van der Waals surface area contributed by atoms with E-state index in [4.69, 9.17) is 16.3 Å². The van der Waals surface area contributed by atoms with Gasteiger partial charge >= 0.3 is 0 Å². The second kappa shape index (κ2) is 12.0. The number of sulfonamides is 1. The van der Waals surface area contributed by atoms with Crippen molar-refractivity contribution in [3.05, 3.63) is 58.9 Å². The Morgan fingerprint density at radius 3 is 2.29 bits per heavy atom. The van der Waals surface area contributed by atoms with Crippen molar-refractivity contribution in [1.82, 2.24) is 10.2 Å². The number of nitrogens with zero attached hydrogens (tertiary/aromatic N) is 2. The van der Waals surface area contributed by atoms with Crippen LogP contribution in [0.4, 0.5) is 10.1 Å². The second-order valence-corrected chi connectivity index (χ2v) is 9.87. The first-order chi connectivity index (χ1) is 16.0. The van der Waals surface area contributed by atoms with E-state index in [1.807, 2.05) is 0 Å². The monoisotopic (exact) mass is 513 g/mol. The van der Waals surface area contributed by atoms with Gasteiger partial charge in [0.2, 0.25) is 21.8 Å². The normalized spacial score (nSPS) is 12.1. The van der Waals surface area contributed by atoms with E-state index in [-0.39, 0.29) is 23.2 Å². The fourth-order valence-corrected chi connectivity index (χ4v) is 4.41. The molecule has 2 amide bonds. The largest absolute Gasteiger partial charge is 0.497 e. The van der Waals surface area contributed by atoms with Crippen LogP contribution in [0.15, 0.2) is 42.5 Å². The number of carbonyl (C=O) groups excluding carboxylic acids is 2. The molecule has 1 N–H and O–H groups in total. The summed E-state index contributed by atoms with van der Waals surface area (Å²) in [6, 6.07) is 9.55. The molecule has 186 valence electrons. The SMILES string of the molecule is CCNC(=O)[C@H](CC)N(Cc1ccc(OC)cc1)C(=O)CN(c1ccc(F)c(Cl)c1)S(C)(=O)=O. The van der Waals surface area contributed by atoms with Gasteiger partial charge in [0.25, 0.3) is 0 Å². The summed E-state index contributed by atoms with van der Waals surface area (Å²) in [7, 11) is -2.40. The zero-order valence-electron chi connectivity index (χ0n) is 19.5. The number of nitrogens with one attached hydrogen (secondary N) is 1. The lowest BCUT2D eigenvalue weighted by Gasteiger charge is -2.32. The number of hydrogen-bond acceptors (Lipinski definition) is 5. The molecule has 0 aliphatic heterocycles. The Bertz CT molecular complexity index is 1110. The van der Waals surface area contributed by atoms with E-state index in [0.717, 1.165) is 28.3 Å². The van der Waals surface area contributed by atoms with Gasteiger partial charge in [0.1, 0.15) is 24.2 Å². The molecule has 0 unspecified atom stereocenters. The molecule has 0 saturated heterocycles. The molecular formula is C23H29ClFN3O5S. The third-order valence-electron chi connectivity index (χ3n) is 5.12. The first kappa shape index (κ1) is 27.4. The van der Waals surface area contributed by atoms with Gasteiger partial charge in [-0.3, -0.25) is 13.9 Å². The van der Waals surface area contributed by atoms with Crippen molar-refractivity contribution in [3.63, 3.8) is 0 Å². The summed E-state index contributed by atoms with van der Waals surface area (Å²) < 4.78 is 44.7. The highest BCUT2D eigenvalue weighted by Gasteiger charge is 2.31. The van der Waals surface area contributed by atoms with Gasteiger partial charge in [-0.1, -0.05) is 30.7 Å². The standard InChI is InChI=1S/C23H29ClFN3O5S/c1-5-21(23(30)26-6-2)27(14-16-7-10-18(33-3)11-8-16)22(29)15-28(34(4,31)32)17-9-12-20(25)19(24)13-17/h7-13,21H,5-6,14-15H2,1-4H3,(H,26,30)/t21-/m0/s1. The van der Waals surface area contributed by atoms with Gasteiger partial charge in [0.15, 0.2) is 0 Å². The Hall–Kier alpha value is -2.85. The van der Waals surface area contributed by atoms with Crippen LogP contribution < -0.4 is 14.4 Å². The zero-order valence-corrected chi connectivity index (χ0v) is 21.1. The van der Waals surface area contributed by atoms with Crippen LogP contribution in [-0.2, 0) is 26.2 Å². The highest BCUT2D eigenvalue weighted by atomic mass is 35.5. The lowest BCUT2D eigenvalue weighted by atomic mass is 10.1. The minimum Gasteiger partial charge on any atom is -0.497 e. The van der Waals surface area contributed by atoms with E-state index in [1.165, 1.54) is 18.1 Å². The number of likely N-dealkylation sites (N-methyl/N-ethyl adjacent to an activating group) is 1. The van der Waals surface area contributed by atoms with E-state index in [9.17, 15) is 22.4 Å². The van der Waals surface area contributed by atoms with Crippen molar-refractivity contribution >= 4 is 39.1 Å². The average molecular weight is 514 g/mol. The average Bonchev–Trinajstić information content (AvgIpc) is 2.79. The number of ether oxygens (including phenoxy) is 1. The highest BCUT2D eigenvalue weighted by molar-refractivity contribution is 7.92. The van der Waals surface area contributed by atoms with Crippen molar-refractivity contribution in [2.75, 3.05) is 30.8 Å². The van der Waals surface area contributed by atoms with E-state index < -0.39 is 34.3 Å². The van der Waals surface area contributed by atoms with Gasteiger partial charge in [0, 0.05) is 13.1 Å². The van der Waals surface area contributed by atoms with Crippen LogP contribution in [0.1, 0.15) is 25.8 Å². The van der Waals surface area contributed by atoms with Crippen LogP contribution in [0, 0.1) is 5.82 Å². The summed E-state index contributed by atoms with van der Waals surface area (Å²) in [4.78, 5) is 27.5. The van der Waals surface area contributed by atoms with Gasteiger partial charge in [-0.05, 0) is 49.2 Å². The quantitative estimate of drug-likeness (QED) is 0.498. The first-order valence-corrected chi connectivity index (χ1v) is 12.9. The van der Waals surface area contributed by atoms with Crippen molar-refractivity contribution in [2.24, 2.45) is 0 Å². The summed E-state index contributed by atoms with van der Waals surface area (Å²) in [5.74, 6) is -1.02. The molecule has 1 atom stereocenters. The summed E-state index contributed by atoms with van der Waals surface area (Å²) in [6.07, 6.45) is 1.25. The molecule has 11 heteroatoms. The lowest BCUT2D eigenvalue weighted by Crippen LogP contribution is -2.52. The number of methoxy groups -OCH3 is 1. The summed E-state index contributed by atoms with van der Waals surface area (Å²) in [5, 5.41) is 2.45. The number of halogens is 2. The first-order valence-electron chi connectivity index (χ1n) is 10.6. The molecule has 0 bridgehead atoms. The predicted molar refractivity (Wildman–Crippen MR) is 130 cm³/mol. The van der Waals surface area contributed by atoms with Gasteiger partial charge in [-0.25, -0.2) is 12.8 Å². The van der Waals surface area contributed by atoms with Gasteiger partial charge in [0.05, 0.1) is 24.1 Å². The Morgan fingerprint density at radius 2 is 1.79 bits per heavy atom. The summed E-state index contributed by atoms with van der Waals surface area (Å²) in [6.45, 7) is 3.39. The molecule has 2 aromatic carbocycles.